The molecule has 1 amide bonds. The quantitative estimate of drug-likeness (QED) is 0.921. The fraction of sp³-hybridized carbons (Fsp3) is 0.500. The first-order valence-corrected chi connectivity index (χ1v) is 6.83. The first-order chi connectivity index (χ1) is 9.08. The Labute approximate surface area is 117 Å². The van der Waals surface area contributed by atoms with E-state index in [4.69, 9.17) is 11.6 Å². The van der Waals surface area contributed by atoms with Gasteiger partial charge in [-0.2, -0.15) is 0 Å². The molecule has 104 valence electrons. The highest BCUT2D eigenvalue weighted by molar-refractivity contribution is 6.31. The van der Waals surface area contributed by atoms with Gasteiger partial charge in [-0.25, -0.2) is 4.39 Å². The molecule has 0 saturated carbocycles. The number of halogens is 2. The third-order valence-electron chi connectivity index (χ3n) is 3.53. The summed E-state index contributed by atoms with van der Waals surface area (Å²) in [6.07, 6.45) is 1.59. The molecule has 0 aliphatic carbocycles. The van der Waals surface area contributed by atoms with Crippen LogP contribution in [-0.4, -0.2) is 30.9 Å². The summed E-state index contributed by atoms with van der Waals surface area (Å²) in [5, 5.41) is 3.12. The summed E-state index contributed by atoms with van der Waals surface area (Å²) >= 11 is 6.02. The predicted molar refractivity (Wildman–Crippen MR) is 73.5 cm³/mol. The molecule has 0 bridgehead atoms. The topological polar surface area (TPSA) is 32.3 Å². The van der Waals surface area contributed by atoms with Crippen molar-refractivity contribution in [1.29, 1.82) is 0 Å². The maximum atomic E-state index is 13.0. The molecule has 0 aromatic heterocycles. The Morgan fingerprint density at radius 3 is 3.05 bits per heavy atom. The number of nitrogens with zero attached hydrogens (tertiary/aromatic N) is 1. The monoisotopic (exact) mass is 284 g/mol. The molecule has 1 saturated heterocycles. The molecule has 1 aromatic carbocycles. The van der Waals surface area contributed by atoms with Gasteiger partial charge in [0.05, 0.1) is 0 Å². The van der Waals surface area contributed by atoms with Gasteiger partial charge in [0, 0.05) is 31.6 Å². The molecule has 1 fully saturated rings. The van der Waals surface area contributed by atoms with E-state index >= 15 is 0 Å². The standard InChI is InChI=1S/C14H18ClFN2O/c1-17-14(19)6-10-4-5-18(8-10)9-11-2-3-12(16)7-13(11)15/h2-3,7,10H,4-6,8-9H2,1H3,(H,17,19). The Morgan fingerprint density at radius 1 is 1.58 bits per heavy atom. The van der Waals surface area contributed by atoms with E-state index in [0.29, 0.717) is 23.9 Å². The minimum Gasteiger partial charge on any atom is -0.359 e. The van der Waals surface area contributed by atoms with Crippen LogP contribution < -0.4 is 5.32 Å². The lowest BCUT2D eigenvalue weighted by Crippen LogP contribution is -2.24. The average molecular weight is 285 g/mol. The summed E-state index contributed by atoms with van der Waals surface area (Å²) in [4.78, 5) is 13.6. The van der Waals surface area contributed by atoms with Crippen molar-refractivity contribution in [3.05, 3.63) is 34.6 Å². The van der Waals surface area contributed by atoms with E-state index in [1.54, 1.807) is 13.1 Å². The van der Waals surface area contributed by atoms with Crippen LogP contribution >= 0.6 is 11.6 Å². The maximum Gasteiger partial charge on any atom is 0.220 e. The number of hydrogen-bond acceptors (Lipinski definition) is 2. The van der Waals surface area contributed by atoms with E-state index < -0.39 is 0 Å². The Morgan fingerprint density at radius 2 is 2.37 bits per heavy atom. The molecule has 1 unspecified atom stereocenters. The zero-order chi connectivity index (χ0) is 13.8. The normalized spacial score (nSPS) is 19.6. The van der Waals surface area contributed by atoms with Crippen molar-refractivity contribution in [2.24, 2.45) is 5.92 Å². The minimum atomic E-state index is -0.312. The molecule has 1 aliphatic heterocycles. The fourth-order valence-corrected chi connectivity index (χ4v) is 2.71. The van der Waals surface area contributed by atoms with E-state index in [2.05, 4.69) is 10.2 Å². The lowest BCUT2D eigenvalue weighted by atomic mass is 10.0. The van der Waals surface area contributed by atoms with Crippen molar-refractivity contribution in [3.8, 4) is 0 Å². The molecule has 1 aromatic rings. The van der Waals surface area contributed by atoms with Gasteiger partial charge >= 0.3 is 0 Å². The molecule has 1 aliphatic rings. The van der Waals surface area contributed by atoms with Crippen LogP contribution in [0.15, 0.2) is 18.2 Å². The zero-order valence-corrected chi connectivity index (χ0v) is 11.7. The number of nitrogens with one attached hydrogen (secondary N) is 1. The van der Waals surface area contributed by atoms with Crippen LogP contribution in [0.4, 0.5) is 4.39 Å². The Bertz CT molecular complexity index is 467. The molecule has 0 radical (unpaired) electrons. The van der Waals surface area contributed by atoms with E-state index in [0.717, 1.165) is 25.1 Å². The van der Waals surface area contributed by atoms with Crippen molar-refractivity contribution in [2.45, 2.75) is 19.4 Å². The number of rotatable bonds is 4. The number of carbonyl (C=O) groups is 1. The van der Waals surface area contributed by atoms with Crippen molar-refractivity contribution < 1.29 is 9.18 Å². The average Bonchev–Trinajstić information content (AvgIpc) is 2.80. The number of likely N-dealkylation sites (tertiary alicyclic amines) is 1. The number of amides is 1. The summed E-state index contributed by atoms with van der Waals surface area (Å²) < 4.78 is 13.0. The second-order valence-corrected chi connectivity index (χ2v) is 5.41. The van der Waals surface area contributed by atoms with Crippen molar-refractivity contribution in [3.63, 3.8) is 0 Å². The summed E-state index contributed by atoms with van der Waals surface area (Å²) in [7, 11) is 1.66. The zero-order valence-electron chi connectivity index (χ0n) is 11.0. The van der Waals surface area contributed by atoms with Crippen LogP contribution in [0.5, 0.6) is 0 Å². The molecule has 1 heterocycles. The Balaban J connectivity index is 1.89. The molecular weight excluding hydrogens is 267 g/mol. The van der Waals surface area contributed by atoms with Gasteiger partial charge < -0.3 is 5.32 Å². The van der Waals surface area contributed by atoms with Crippen molar-refractivity contribution >= 4 is 17.5 Å². The van der Waals surface area contributed by atoms with E-state index in [-0.39, 0.29) is 11.7 Å². The molecule has 0 spiro atoms. The second-order valence-electron chi connectivity index (χ2n) is 5.00. The number of carbonyl (C=O) groups excluding carboxylic acids is 1. The van der Waals surface area contributed by atoms with Gasteiger partial charge in [-0.1, -0.05) is 17.7 Å². The molecule has 5 heteroatoms. The van der Waals surface area contributed by atoms with E-state index in [1.807, 2.05) is 0 Å². The summed E-state index contributed by atoms with van der Waals surface area (Å²) in [6, 6.07) is 4.50. The summed E-state index contributed by atoms with van der Waals surface area (Å²) in [6.45, 7) is 2.56. The van der Waals surface area contributed by atoms with E-state index in [1.165, 1.54) is 12.1 Å². The van der Waals surface area contributed by atoms with Crippen LogP contribution in [0.1, 0.15) is 18.4 Å². The highest BCUT2D eigenvalue weighted by Crippen LogP contribution is 2.24. The lowest BCUT2D eigenvalue weighted by Gasteiger charge is -2.16. The third kappa shape index (κ3) is 3.91. The van der Waals surface area contributed by atoms with Crippen molar-refractivity contribution in [2.75, 3.05) is 20.1 Å². The van der Waals surface area contributed by atoms with Crippen LogP contribution in [0.2, 0.25) is 5.02 Å². The largest absolute Gasteiger partial charge is 0.359 e. The lowest BCUT2D eigenvalue weighted by molar-refractivity contribution is -0.121. The first-order valence-electron chi connectivity index (χ1n) is 6.45. The van der Waals surface area contributed by atoms with Crippen LogP contribution in [-0.2, 0) is 11.3 Å². The number of benzene rings is 1. The fourth-order valence-electron chi connectivity index (χ4n) is 2.48. The minimum absolute atomic E-state index is 0.0895. The predicted octanol–water partition coefficient (Wildman–Crippen LogP) is 2.44. The maximum absolute atomic E-state index is 13.0. The highest BCUT2D eigenvalue weighted by Gasteiger charge is 2.24. The van der Waals surface area contributed by atoms with Crippen LogP contribution in [0, 0.1) is 11.7 Å². The second kappa shape index (κ2) is 6.35. The smallest absolute Gasteiger partial charge is 0.220 e. The Kier molecular flexibility index (Phi) is 4.77. The molecule has 19 heavy (non-hydrogen) atoms. The Hall–Kier alpha value is -1.13. The molecule has 3 nitrogen and oxygen atoms in total. The van der Waals surface area contributed by atoms with Gasteiger partial charge in [-0.3, -0.25) is 9.69 Å². The molecule has 2 rings (SSSR count). The first kappa shape index (κ1) is 14.3. The van der Waals surface area contributed by atoms with Gasteiger partial charge in [-0.15, -0.1) is 0 Å². The SMILES string of the molecule is CNC(=O)CC1CCN(Cc2ccc(F)cc2Cl)C1. The molecule has 1 N–H and O–H groups in total. The summed E-state index contributed by atoms with van der Waals surface area (Å²) in [5.41, 5.74) is 0.934. The molecule has 1 atom stereocenters. The van der Waals surface area contributed by atoms with Gasteiger partial charge in [0.15, 0.2) is 0 Å². The van der Waals surface area contributed by atoms with Gasteiger partial charge in [-0.05, 0) is 36.6 Å². The van der Waals surface area contributed by atoms with Crippen LogP contribution in [0.3, 0.4) is 0 Å². The third-order valence-corrected chi connectivity index (χ3v) is 3.88. The highest BCUT2D eigenvalue weighted by atomic mass is 35.5. The number of hydrogen-bond donors (Lipinski definition) is 1. The van der Waals surface area contributed by atoms with Crippen LogP contribution in [0.25, 0.3) is 0 Å². The molecular formula is C14H18ClFN2O. The summed E-state index contributed by atoms with van der Waals surface area (Å²) in [5.74, 6) is 0.179. The van der Waals surface area contributed by atoms with E-state index in [9.17, 15) is 9.18 Å². The van der Waals surface area contributed by atoms with Crippen molar-refractivity contribution in [1.82, 2.24) is 10.2 Å². The van der Waals surface area contributed by atoms with Gasteiger partial charge in [0.2, 0.25) is 5.91 Å². The van der Waals surface area contributed by atoms with Gasteiger partial charge in [0.1, 0.15) is 5.82 Å². The van der Waals surface area contributed by atoms with Gasteiger partial charge in [0.25, 0.3) is 0 Å².